The number of aliphatic carboxylic acids is 1. The van der Waals surface area contributed by atoms with Gasteiger partial charge in [-0.1, -0.05) is 41.4 Å². The number of carboxylic acid groups (broad SMARTS) is 1. The zero-order valence-electron chi connectivity index (χ0n) is 21.1. The second-order valence-electron chi connectivity index (χ2n) is 8.92. The summed E-state index contributed by atoms with van der Waals surface area (Å²) in [5, 5.41) is 14.7. The fourth-order valence-electron chi connectivity index (χ4n) is 3.82. The molecule has 9 heteroatoms. The van der Waals surface area contributed by atoms with Crippen molar-refractivity contribution >= 4 is 29.2 Å². The van der Waals surface area contributed by atoms with Crippen LogP contribution in [-0.2, 0) is 24.4 Å². The van der Waals surface area contributed by atoms with E-state index in [-0.39, 0.29) is 25.7 Å². The molecule has 7 nitrogen and oxygen atoms in total. The van der Waals surface area contributed by atoms with Crippen molar-refractivity contribution in [2.45, 2.75) is 46.0 Å². The van der Waals surface area contributed by atoms with E-state index in [1.54, 1.807) is 28.9 Å². The van der Waals surface area contributed by atoms with E-state index in [4.69, 9.17) is 42.5 Å². The number of hydrogen-bond acceptors (Lipinski definition) is 5. The lowest BCUT2D eigenvalue weighted by atomic mass is 10.1. The lowest BCUT2D eigenvalue weighted by Gasteiger charge is -2.15. The van der Waals surface area contributed by atoms with Crippen molar-refractivity contribution in [2.75, 3.05) is 0 Å². The van der Waals surface area contributed by atoms with E-state index < -0.39 is 5.97 Å². The van der Waals surface area contributed by atoms with E-state index in [2.05, 4.69) is 5.10 Å². The van der Waals surface area contributed by atoms with Crippen LogP contribution in [0.25, 0.3) is 5.69 Å². The lowest BCUT2D eigenvalue weighted by Crippen LogP contribution is -2.08. The van der Waals surface area contributed by atoms with Crippen molar-refractivity contribution in [3.8, 4) is 23.1 Å². The molecule has 198 valence electrons. The van der Waals surface area contributed by atoms with Gasteiger partial charge in [-0.15, -0.1) is 5.10 Å². The Morgan fingerprint density at radius 3 is 2.32 bits per heavy atom. The minimum Gasteiger partial charge on any atom is -0.491 e. The summed E-state index contributed by atoms with van der Waals surface area (Å²) in [5.74, 6) is 0.753. The van der Waals surface area contributed by atoms with Gasteiger partial charge in [-0.3, -0.25) is 4.79 Å². The van der Waals surface area contributed by atoms with Crippen molar-refractivity contribution in [2.24, 2.45) is 0 Å². The number of aryl methyl sites for hydroxylation is 1. The van der Waals surface area contributed by atoms with Gasteiger partial charge in [0.25, 0.3) is 0 Å². The van der Waals surface area contributed by atoms with Crippen molar-refractivity contribution in [3.63, 3.8) is 0 Å². The average Bonchev–Trinajstić information content (AvgIpc) is 3.29. The molecule has 0 saturated carbocycles. The van der Waals surface area contributed by atoms with Crippen LogP contribution in [0, 0.1) is 0 Å². The summed E-state index contributed by atoms with van der Waals surface area (Å²) in [6.07, 6.45) is 0.310. The molecule has 0 radical (unpaired) electrons. The first kappa shape index (κ1) is 27.4. The first-order valence-corrected chi connectivity index (χ1v) is 12.9. The van der Waals surface area contributed by atoms with E-state index in [1.165, 1.54) is 0 Å². The normalized spacial score (nSPS) is 11.0. The number of aromatic nitrogens is 2. The molecule has 0 amide bonds. The highest BCUT2D eigenvalue weighted by Crippen LogP contribution is 2.29. The van der Waals surface area contributed by atoms with Crippen LogP contribution in [0.3, 0.4) is 0 Å². The van der Waals surface area contributed by atoms with Crippen molar-refractivity contribution < 1.29 is 24.1 Å². The van der Waals surface area contributed by atoms with Crippen LogP contribution in [0.1, 0.15) is 37.1 Å². The molecule has 0 fully saturated rings. The summed E-state index contributed by atoms with van der Waals surface area (Å²) in [7, 11) is 0. The molecule has 0 atom stereocenters. The molecular formula is C29H28Cl2N2O5. The van der Waals surface area contributed by atoms with Gasteiger partial charge < -0.3 is 19.3 Å². The van der Waals surface area contributed by atoms with Crippen LogP contribution in [0.4, 0.5) is 0 Å². The third-order valence-corrected chi connectivity index (χ3v) is 5.96. The minimum absolute atomic E-state index is 0.00640. The summed E-state index contributed by atoms with van der Waals surface area (Å²) in [5.41, 5.74) is 3.32. The molecule has 3 aromatic carbocycles. The summed E-state index contributed by atoms with van der Waals surface area (Å²) in [6.45, 7) is 4.42. The Kier molecular flexibility index (Phi) is 9.15. The van der Waals surface area contributed by atoms with Crippen LogP contribution in [0.2, 0.25) is 10.0 Å². The van der Waals surface area contributed by atoms with Gasteiger partial charge in [0.05, 0.1) is 23.2 Å². The molecule has 0 aliphatic rings. The Morgan fingerprint density at radius 1 is 0.947 bits per heavy atom. The van der Waals surface area contributed by atoms with Gasteiger partial charge in [0, 0.05) is 23.2 Å². The van der Waals surface area contributed by atoms with Gasteiger partial charge in [-0.05, 0) is 73.5 Å². The standard InChI is InChI=1S/C29H28Cl2N2O5/c1-19(2)38-25-13-20(17-36-27-10-8-22(30)15-26(27)31)12-21(14-25)18-37-28-16-24(9-11-29(34)35)33(32-28)23-6-4-3-5-7-23/h3-8,10,12-16,19H,9,11,17-18H2,1-2H3,(H,34,35). The third-order valence-electron chi connectivity index (χ3n) is 5.43. The fraction of sp³-hybridized carbons (Fsp3) is 0.241. The second-order valence-corrected chi connectivity index (χ2v) is 9.76. The Hall–Kier alpha value is -3.68. The van der Waals surface area contributed by atoms with Crippen LogP contribution in [-0.4, -0.2) is 27.0 Å². The molecule has 0 spiro atoms. The Balaban J connectivity index is 1.53. The highest BCUT2D eigenvalue weighted by atomic mass is 35.5. The van der Waals surface area contributed by atoms with E-state index in [0.29, 0.717) is 33.8 Å². The summed E-state index contributed by atoms with van der Waals surface area (Å²) in [6, 6.07) is 22.2. The molecule has 0 aliphatic heterocycles. The molecule has 1 aromatic heterocycles. The molecule has 4 aromatic rings. The SMILES string of the molecule is CC(C)Oc1cc(COc2cc(CCC(=O)O)n(-c3ccccc3)n2)cc(COc2ccc(Cl)cc2Cl)c1. The summed E-state index contributed by atoms with van der Waals surface area (Å²) >= 11 is 12.2. The van der Waals surface area contributed by atoms with Crippen molar-refractivity contribution in [1.82, 2.24) is 9.78 Å². The van der Waals surface area contributed by atoms with Crippen LogP contribution < -0.4 is 14.2 Å². The Labute approximate surface area is 231 Å². The second kappa shape index (κ2) is 12.7. The van der Waals surface area contributed by atoms with Gasteiger partial charge in [0.1, 0.15) is 24.7 Å². The van der Waals surface area contributed by atoms with E-state index in [0.717, 1.165) is 22.5 Å². The maximum Gasteiger partial charge on any atom is 0.303 e. The molecule has 0 aliphatic carbocycles. The number of hydrogen-bond donors (Lipinski definition) is 1. The molecule has 0 saturated heterocycles. The zero-order valence-corrected chi connectivity index (χ0v) is 22.6. The highest BCUT2D eigenvalue weighted by Gasteiger charge is 2.13. The van der Waals surface area contributed by atoms with Crippen LogP contribution in [0.15, 0.2) is 72.8 Å². The lowest BCUT2D eigenvalue weighted by molar-refractivity contribution is -0.136. The minimum atomic E-state index is -0.870. The molecule has 4 rings (SSSR count). The zero-order chi connectivity index (χ0) is 27.1. The smallest absolute Gasteiger partial charge is 0.303 e. The quantitative estimate of drug-likeness (QED) is 0.200. The van der Waals surface area contributed by atoms with Crippen LogP contribution >= 0.6 is 23.2 Å². The number of carbonyl (C=O) groups is 1. The number of rotatable bonds is 12. The maximum atomic E-state index is 11.2. The number of halogens is 2. The van der Waals surface area contributed by atoms with Crippen molar-refractivity contribution in [1.29, 1.82) is 0 Å². The first-order chi connectivity index (χ1) is 18.3. The summed E-state index contributed by atoms with van der Waals surface area (Å²) < 4.78 is 19.6. The van der Waals surface area contributed by atoms with Crippen molar-refractivity contribution in [3.05, 3.63) is 99.7 Å². The van der Waals surface area contributed by atoms with Gasteiger partial charge in [-0.2, -0.15) is 0 Å². The average molecular weight is 555 g/mol. The number of benzene rings is 3. The Morgan fingerprint density at radius 2 is 1.66 bits per heavy atom. The van der Waals surface area contributed by atoms with E-state index in [1.807, 2.05) is 62.4 Å². The maximum absolute atomic E-state index is 11.2. The van der Waals surface area contributed by atoms with Crippen LogP contribution in [0.5, 0.6) is 17.4 Å². The topological polar surface area (TPSA) is 82.8 Å². The molecule has 1 N–H and O–H groups in total. The predicted octanol–water partition coefficient (Wildman–Crippen LogP) is 7.14. The number of para-hydroxylation sites is 1. The monoisotopic (exact) mass is 554 g/mol. The van der Waals surface area contributed by atoms with Gasteiger partial charge in [0.2, 0.25) is 5.88 Å². The van der Waals surface area contributed by atoms with E-state index >= 15 is 0 Å². The van der Waals surface area contributed by atoms with Gasteiger partial charge in [0.15, 0.2) is 0 Å². The highest BCUT2D eigenvalue weighted by molar-refractivity contribution is 6.35. The number of nitrogens with zero attached hydrogens (tertiary/aromatic N) is 2. The van der Waals surface area contributed by atoms with E-state index in [9.17, 15) is 4.79 Å². The molecule has 38 heavy (non-hydrogen) atoms. The molecular weight excluding hydrogens is 527 g/mol. The molecule has 0 bridgehead atoms. The fourth-order valence-corrected chi connectivity index (χ4v) is 4.28. The first-order valence-electron chi connectivity index (χ1n) is 12.1. The molecule has 0 unspecified atom stereocenters. The molecule has 1 heterocycles. The Bertz CT molecular complexity index is 1390. The summed E-state index contributed by atoms with van der Waals surface area (Å²) in [4.78, 5) is 11.2. The van der Waals surface area contributed by atoms with Gasteiger partial charge >= 0.3 is 5.97 Å². The number of carboxylic acids is 1. The third kappa shape index (κ3) is 7.66. The largest absolute Gasteiger partial charge is 0.491 e. The number of ether oxygens (including phenoxy) is 3. The van der Waals surface area contributed by atoms with Gasteiger partial charge in [-0.25, -0.2) is 4.68 Å². The predicted molar refractivity (Wildman–Crippen MR) is 147 cm³/mol.